The molecule has 0 aliphatic rings. The van der Waals surface area contributed by atoms with E-state index in [1.165, 1.54) is 0 Å². The lowest BCUT2D eigenvalue weighted by Gasteiger charge is -2.21. The number of carbonyl (C=O) groups is 1. The molecule has 6 nitrogen and oxygen atoms in total. The topological polar surface area (TPSA) is 54.3 Å². The molecule has 2 heterocycles. The van der Waals surface area contributed by atoms with Crippen LogP contribution in [-0.2, 0) is 13.1 Å². The number of hydrogen-bond acceptors (Lipinski definition) is 4. The number of anilines is 1. The van der Waals surface area contributed by atoms with Crippen molar-refractivity contribution in [1.82, 2.24) is 19.7 Å². The fourth-order valence-corrected chi connectivity index (χ4v) is 3.59. The summed E-state index contributed by atoms with van der Waals surface area (Å²) in [6.45, 7) is 3.83. The summed E-state index contributed by atoms with van der Waals surface area (Å²) < 4.78 is 1.86. The Hall–Kier alpha value is -3.67. The van der Waals surface area contributed by atoms with Gasteiger partial charge in [0.15, 0.2) is 5.65 Å². The Bertz CT molecular complexity index is 1170. The molecular formula is C25H27N5O. The predicted octanol–water partition coefficient (Wildman–Crippen LogP) is 4.21. The number of hydrogen-bond donors (Lipinski definition) is 0. The van der Waals surface area contributed by atoms with Crippen LogP contribution in [0.5, 0.6) is 0 Å². The molecule has 0 aliphatic heterocycles. The van der Waals surface area contributed by atoms with Crippen molar-refractivity contribution in [2.45, 2.75) is 20.0 Å². The Morgan fingerprint density at radius 2 is 1.71 bits per heavy atom. The molecule has 2 aromatic heterocycles. The maximum absolute atomic E-state index is 13.1. The molecule has 0 saturated heterocycles. The van der Waals surface area contributed by atoms with Crippen molar-refractivity contribution < 1.29 is 4.79 Å². The third-order valence-electron chi connectivity index (χ3n) is 5.39. The maximum Gasteiger partial charge on any atom is 0.255 e. The number of fused-ring (bicyclic) bond motifs is 1. The monoisotopic (exact) mass is 413 g/mol. The normalized spacial score (nSPS) is 10.9. The lowest BCUT2D eigenvalue weighted by Crippen LogP contribution is -2.30. The van der Waals surface area contributed by atoms with E-state index in [9.17, 15) is 4.79 Å². The molecular weight excluding hydrogens is 386 g/mol. The van der Waals surface area contributed by atoms with Crippen molar-refractivity contribution in [2.24, 2.45) is 0 Å². The fourth-order valence-electron chi connectivity index (χ4n) is 3.59. The zero-order valence-electron chi connectivity index (χ0n) is 18.2. The van der Waals surface area contributed by atoms with Gasteiger partial charge in [-0.3, -0.25) is 4.79 Å². The van der Waals surface area contributed by atoms with E-state index in [1.54, 1.807) is 12.4 Å². The molecule has 4 rings (SSSR count). The first-order valence-electron chi connectivity index (χ1n) is 10.5. The Kier molecular flexibility index (Phi) is 5.98. The second-order valence-corrected chi connectivity index (χ2v) is 7.80. The van der Waals surface area contributed by atoms with Crippen LogP contribution in [0.4, 0.5) is 5.69 Å². The zero-order valence-corrected chi connectivity index (χ0v) is 18.2. The predicted molar refractivity (Wildman–Crippen MR) is 124 cm³/mol. The van der Waals surface area contributed by atoms with Crippen LogP contribution in [0.2, 0.25) is 0 Å². The molecule has 0 atom stereocenters. The van der Waals surface area contributed by atoms with Gasteiger partial charge >= 0.3 is 0 Å². The van der Waals surface area contributed by atoms with E-state index in [2.05, 4.69) is 51.4 Å². The lowest BCUT2D eigenvalue weighted by molar-refractivity contribution is 0.0752. The molecule has 0 N–H and O–H groups in total. The van der Waals surface area contributed by atoms with Crippen LogP contribution in [-0.4, -0.2) is 46.2 Å². The van der Waals surface area contributed by atoms with Gasteiger partial charge in [0.1, 0.15) is 0 Å². The minimum atomic E-state index is -0.0237. The van der Waals surface area contributed by atoms with E-state index in [-0.39, 0.29) is 5.91 Å². The molecule has 1 amide bonds. The molecule has 0 spiro atoms. The Labute approximate surface area is 182 Å². The molecule has 0 bridgehead atoms. The Balaban J connectivity index is 1.52. The lowest BCUT2D eigenvalue weighted by atomic mass is 10.1. The first-order chi connectivity index (χ1) is 15.0. The highest BCUT2D eigenvalue weighted by Crippen LogP contribution is 2.18. The zero-order chi connectivity index (χ0) is 21.8. The van der Waals surface area contributed by atoms with Gasteiger partial charge in [-0.15, -0.1) is 0 Å². The molecule has 31 heavy (non-hydrogen) atoms. The first-order valence-corrected chi connectivity index (χ1v) is 10.5. The van der Waals surface area contributed by atoms with Crippen LogP contribution in [0.15, 0.2) is 73.1 Å². The summed E-state index contributed by atoms with van der Waals surface area (Å²) in [6.07, 6.45) is 3.43. The van der Waals surface area contributed by atoms with E-state index in [0.29, 0.717) is 25.2 Å². The van der Waals surface area contributed by atoms with Gasteiger partial charge in [-0.25, -0.2) is 9.67 Å². The maximum atomic E-state index is 13.1. The van der Waals surface area contributed by atoms with Crippen molar-refractivity contribution in [2.75, 3.05) is 25.5 Å². The van der Waals surface area contributed by atoms with Crippen LogP contribution < -0.4 is 4.90 Å². The van der Waals surface area contributed by atoms with Gasteiger partial charge in [0.05, 0.1) is 18.3 Å². The van der Waals surface area contributed by atoms with Crippen molar-refractivity contribution in [1.29, 1.82) is 0 Å². The number of aromatic nitrogens is 3. The average Bonchev–Trinajstić information content (AvgIpc) is 3.20. The smallest absolute Gasteiger partial charge is 0.255 e. The van der Waals surface area contributed by atoms with Crippen molar-refractivity contribution in [3.8, 4) is 0 Å². The summed E-state index contributed by atoms with van der Waals surface area (Å²) in [4.78, 5) is 21.6. The van der Waals surface area contributed by atoms with Gasteiger partial charge in [-0.1, -0.05) is 42.5 Å². The number of carbonyl (C=O) groups excluding carboxylic acids is 1. The minimum absolute atomic E-state index is 0.0237. The first kappa shape index (κ1) is 20.6. The van der Waals surface area contributed by atoms with Crippen molar-refractivity contribution in [3.63, 3.8) is 0 Å². The molecule has 0 fully saturated rings. The second-order valence-electron chi connectivity index (χ2n) is 7.80. The Morgan fingerprint density at radius 3 is 2.39 bits per heavy atom. The summed E-state index contributed by atoms with van der Waals surface area (Å²) in [6, 6.07) is 20.3. The van der Waals surface area contributed by atoms with Gasteiger partial charge < -0.3 is 9.80 Å². The third kappa shape index (κ3) is 4.58. The summed E-state index contributed by atoms with van der Waals surface area (Å²) in [7, 11) is 4.03. The number of benzene rings is 2. The van der Waals surface area contributed by atoms with E-state index < -0.39 is 0 Å². The van der Waals surface area contributed by atoms with E-state index in [1.807, 2.05) is 54.9 Å². The highest BCUT2D eigenvalue weighted by Gasteiger charge is 2.17. The standard InChI is InChI=1S/C25H27N5O/c1-4-29(17-20-10-12-23(13-11-20)28(2)3)25(31)22-14-21-16-27-30(24(21)26-15-22)18-19-8-6-5-7-9-19/h5-16H,4,17-18H2,1-3H3. The third-order valence-corrected chi connectivity index (χ3v) is 5.39. The second kappa shape index (κ2) is 9.00. The molecule has 158 valence electrons. The molecule has 0 radical (unpaired) electrons. The van der Waals surface area contributed by atoms with E-state index >= 15 is 0 Å². The van der Waals surface area contributed by atoms with Crippen molar-refractivity contribution >= 4 is 22.6 Å². The van der Waals surface area contributed by atoms with Crippen molar-refractivity contribution in [3.05, 3.63) is 89.7 Å². The van der Waals surface area contributed by atoms with Crippen LogP contribution >= 0.6 is 0 Å². The van der Waals surface area contributed by atoms with Gasteiger partial charge in [0.2, 0.25) is 0 Å². The highest BCUT2D eigenvalue weighted by atomic mass is 16.2. The van der Waals surface area contributed by atoms with E-state index in [0.717, 1.165) is 27.8 Å². The minimum Gasteiger partial charge on any atom is -0.378 e. The van der Waals surface area contributed by atoms with Gasteiger partial charge in [0, 0.05) is 44.5 Å². The molecule has 2 aromatic carbocycles. The van der Waals surface area contributed by atoms with Gasteiger partial charge in [-0.2, -0.15) is 5.10 Å². The van der Waals surface area contributed by atoms with Crippen LogP contribution in [0.3, 0.4) is 0 Å². The quantitative estimate of drug-likeness (QED) is 0.455. The SMILES string of the molecule is CCN(Cc1ccc(N(C)C)cc1)C(=O)c1cnc2c(cnn2Cc2ccccc2)c1. The number of nitrogens with zero attached hydrogens (tertiary/aromatic N) is 5. The molecule has 0 saturated carbocycles. The van der Waals surface area contributed by atoms with Crippen LogP contribution in [0.1, 0.15) is 28.4 Å². The molecule has 0 unspecified atom stereocenters. The highest BCUT2D eigenvalue weighted by molar-refractivity contribution is 5.96. The summed E-state index contributed by atoms with van der Waals surface area (Å²) in [5, 5.41) is 5.34. The molecule has 0 aliphatic carbocycles. The number of rotatable bonds is 7. The fraction of sp³-hybridized carbons (Fsp3) is 0.240. The number of amides is 1. The van der Waals surface area contributed by atoms with Gasteiger partial charge in [-0.05, 0) is 36.2 Å². The Morgan fingerprint density at radius 1 is 0.968 bits per heavy atom. The average molecular weight is 414 g/mol. The molecule has 4 aromatic rings. The van der Waals surface area contributed by atoms with Crippen LogP contribution in [0.25, 0.3) is 11.0 Å². The van der Waals surface area contributed by atoms with Crippen LogP contribution in [0, 0.1) is 0 Å². The summed E-state index contributed by atoms with van der Waals surface area (Å²) >= 11 is 0. The van der Waals surface area contributed by atoms with Gasteiger partial charge in [0.25, 0.3) is 5.91 Å². The largest absolute Gasteiger partial charge is 0.378 e. The summed E-state index contributed by atoms with van der Waals surface area (Å²) in [5.41, 5.74) is 4.76. The summed E-state index contributed by atoms with van der Waals surface area (Å²) in [5.74, 6) is -0.0237. The number of pyridine rings is 1. The van der Waals surface area contributed by atoms with E-state index in [4.69, 9.17) is 0 Å². The molecule has 6 heteroatoms.